The van der Waals surface area contributed by atoms with Gasteiger partial charge in [-0.2, -0.15) is 0 Å². The molecule has 2 heteroatoms. The Hall–Kier alpha value is -1.02. The molecule has 92 valence electrons. The highest BCUT2D eigenvalue weighted by molar-refractivity contribution is 5.57. The van der Waals surface area contributed by atoms with Crippen LogP contribution in [0.5, 0.6) is 0 Å². The highest BCUT2D eigenvalue weighted by Gasteiger charge is 2.19. The summed E-state index contributed by atoms with van der Waals surface area (Å²) in [6.07, 6.45) is 5.37. The predicted octanol–water partition coefficient (Wildman–Crippen LogP) is 2.44. The third-order valence-corrected chi connectivity index (χ3v) is 4.19. The van der Waals surface area contributed by atoms with Crippen molar-refractivity contribution < 1.29 is 0 Å². The molecule has 17 heavy (non-hydrogen) atoms. The van der Waals surface area contributed by atoms with E-state index in [1.54, 1.807) is 0 Å². The summed E-state index contributed by atoms with van der Waals surface area (Å²) in [6.45, 7) is 4.95. The summed E-state index contributed by atoms with van der Waals surface area (Å²) < 4.78 is 0. The molecule has 2 aliphatic rings. The van der Waals surface area contributed by atoms with Gasteiger partial charge >= 0.3 is 0 Å². The first-order valence-corrected chi connectivity index (χ1v) is 6.97. The lowest BCUT2D eigenvalue weighted by molar-refractivity contribution is 0.508. The van der Waals surface area contributed by atoms with Gasteiger partial charge in [-0.25, -0.2) is 0 Å². The van der Waals surface area contributed by atoms with Gasteiger partial charge in [0.1, 0.15) is 0 Å². The van der Waals surface area contributed by atoms with E-state index >= 15 is 0 Å². The fraction of sp³-hybridized carbons (Fsp3) is 0.600. The molecule has 2 heterocycles. The fourth-order valence-electron chi connectivity index (χ4n) is 3.17. The van der Waals surface area contributed by atoms with Crippen LogP contribution in [0.1, 0.15) is 24.8 Å². The largest absolute Gasteiger partial charge is 0.371 e. The Balaban J connectivity index is 1.50. The minimum Gasteiger partial charge on any atom is -0.371 e. The van der Waals surface area contributed by atoms with Gasteiger partial charge in [0.25, 0.3) is 0 Å². The Bertz CT molecular complexity index is 369. The Kier molecular flexibility index (Phi) is 3.32. The maximum absolute atomic E-state index is 3.45. The first-order valence-electron chi connectivity index (χ1n) is 6.97. The number of hydrogen-bond donors (Lipinski definition) is 1. The Morgan fingerprint density at radius 2 is 2.24 bits per heavy atom. The van der Waals surface area contributed by atoms with Crippen LogP contribution in [0, 0.1) is 5.92 Å². The van der Waals surface area contributed by atoms with Gasteiger partial charge in [0.15, 0.2) is 0 Å². The monoisotopic (exact) mass is 230 g/mol. The van der Waals surface area contributed by atoms with Crippen molar-refractivity contribution >= 4 is 5.69 Å². The molecule has 2 nitrogen and oxygen atoms in total. The van der Waals surface area contributed by atoms with Crippen LogP contribution in [-0.4, -0.2) is 26.2 Å². The van der Waals surface area contributed by atoms with Gasteiger partial charge in [-0.15, -0.1) is 0 Å². The van der Waals surface area contributed by atoms with Gasteiger partial charge < -0.3 is 10.2 Å². The summed E-state index contributed by atoms with van der Waals surface area (Å²) in [7, 11) is 0. The van der Waals surface area contributed by atoms with Gasteiger partial charge in [0.2, 0.25) is 0 Å². The minimum atomic E-state index is 0.938. The SMILES string of the molecule is c1ccc2c(c1)CCN2CCCC1CCNC1. The molecule has 1 aromatic carbocycles. The van der Waals surface area contributed by atoms with Crippen LogP contribution in [0.2, 0.25) is 0 Å². The van der Waals surface area contributed by atoms with Crippen molar-refractivity contribution in [2.75, 3.05) is 31.1 Å². The van der Waals surface area contributed by atoms with Gasteiger partial charge in [0, 0.05) is 18.8 Å². The molecule has 1 saturated heterocycles. The average Bonchev–Trinajstić information content (AvgIpc) is 2.99. The van der Waals surface area contributed by atoms with Crippen LogP contribution in [0.15, 0.2) is 24.3 Å². The molecular formula is C15H22N2. The molecule has 0 amide bonds. The van der Waals surface area contributed by atoms with Crippen molar-refractivity contribution in [3.63, 3.8) is 0 Å². The van der Waals surface area contributed by atoms with E-state index in [0.717, 1.165) is 5.92 Å². The number of benzene rings is 1. The summed E-state index contributed by atoms with van der Waals surface area (Å²) >= 11 is 0. The van der Waals surface area contributed by atoms with Gasteiger partial charge in [-0.3, -0.25) is 0 Å². The minimum absolute atomic E-state index is 0.938. The second-order valence-corrected chi connectivity index (χ2v) is 5.37. The number of hydrogen-bond acceptors (Lipinski definition) is 2. The normalized spacial score (nSPS) is 23.1. The Labute approximate surface area is 104 Å². The van der Waals surface area contributed by atoms with Crippen LogP contribution in [0.3, 0.4) is 0 Å². The maximum Gasteiger partial charge on any atom is 0.0399 e. The number of fused-ring (bicyclic) bond motifs is 1. The lowest BCUT2D eigenvalue weighted by Crippen LogP contribution is -2.22. The van der Waals surface area contributed by atoms with E-state index in [9.17, 15) is 0 Å². The lowest BCUT2D eigenvalue weighted by Gasteiger charge is -2.20. The number of rotatable bonds is 4. The molecule has 1 N–H and O–H groups in total. The van der Waals surface area contributed by atoms with Crippen molar-refractivity contribution in [2.45, 2.75) is 25.7 Å². The lowest BCUT2D eigenvalue weighted by atomic mass is 10.0. The molecule has 1 unspecified atom stereocenters. The van der Waals surface area contributed by atoms with E-state index in [2.05, 4.69) is 34.5 Å². The molecule has 1 aromatic rings. The number of anilines is 1. The van der Waals surface area contributed by atoms with Crippen LogP contribution in [-0.2, 0) is 6.42 Å². The molecular weight excluding hydrogens is 208 g/mol. The van der Waals surface area contributed by atoms with Gasteiger partial charge in [-0.1, -0.05) is 18.2 Å². The van der Waals surface area contributed by atoms with E-state index in [1.165, 1.54) is 63.1 Å². The molecule has 0 spiro atoms. The number of para-hydroxylation sites is 1. The molecule has 0 bridgehead atoms. The van der Waals surface area contributed by atoms with E-state index in [1.807, 2.05) is 0 Å². The van der Waals surface area contributed by atoms with Gasteiger partial charge in [0.05, 0.1) is 0 Å². The zero-order valence-corrected chi connectivity index (χ0v) is 10.5. The van der Waals surface area contributed by atoms with Crippen molar-refractivity contribution in [3.05, 3.63) is 29.8 Å². The predicted molar refractivity (Wildman–Crippen MR) is 72.6 cm³/mol. The first-order chi connectivity index (χ1) is 8.43. The number of nitrogens with one attached hydrogen (secondary N) is 1. The second kappa shape index (κ2) is 5.09. The van der Waals surface area contributed by atoms with Crippen LogP contribution >= 0.6 is 0 Å². The highest BCUT2D eigenvalue weighted by Crippen LogP contribution is 2.27. The van der Waals surface area contributed by atoms with E-state index in [0.29, 0.717) is 0 Å². The summed E-state index contributed by atoms with van der Waals surface area (Å²) in [5.41, 5.74) is 3.02. The van der Waals surface area contributed by atoms with Crippen LogP contribution < -0.4 is 10.2 Å². The second-order valence-electron chi connectivity index (χ2n) is 5.37. The van der Waals surface area contributed by atoms with Crippen molar-refractivity contribution in [1.29, 1.82) is 0 Å². The van der Waals surface area contributed by atoms with Crippen molar-refractivity contribution in [3.8, 4) is 0 Å². The number of nitrogens with zero attached hydrogens (tertiary/aromatic N) is 1. The summed E-state index contributed by atoms with van der Waals surface area (Å²) in [5, 5.41) is 3.45. The quantitative estimate of drug-likeness (QED) is 0.854. The van der Waals surface area contributed by atoms with E-state index < -0.39 is 0 Å². The molecule has 0 radical (unpaired) electrons. The molecule has 2 aliphatic heterocycles. The third kappa shape index (κ3) is 2.47. The topological polar surface area (TPSA) is 15.3 Å². The summed E-state index contributed by atoms with van der Waals surface area (Å²) in [6, 6.07) is 8.88. The molecule has 1 fully saturated rings. The smallest absolute Gasteiger partial charge is 0.0399 e. The van der Waals surface area contributed by atoms with Crippen molar-refractivity contribution in [1.82, 2.24) is 5.32 Å². The zero-order chi connectivity index (χ0) is 11.5. The molecule has 1 atom stereocenters. The van der Waals surface area contributed by atoms with Crippen LogP contribution in [0.25, 0.3) is 0 Å². The molecule has 0 saturated carbocycles. The third-order valence-electron chi connectivity index (χ3n) is 4.19. The Morgan fingerprint density at radius 1 is 1.29 bits per heavy atom. The fourth-order valence-corrected chi connectivity index (χ4v) is 3.17. The summed E-state index contributed by atoms with van der Waals surface area (Å²) in [5.74, 6) is 0.938. The molecule has 3 rings (SSSR count). The highest BCUT2D eigenvalue weighted by atomic mass is 15.1. The van der Waals surface area contributed by atoms with E-state index in [-0.39, 0.29) is 0 Å². The van der Waals surface area contributed by atoms with Crippen LogP contribution in [0.4, 0.5) is 5.69 Å². The average molecular weight is 230 g/mol. The maximum atomic E-state index is 3.45. The zero-order valence-electron chi connectivity index (χ0n) is 10.5. The van der Waals surface area contributed by atoms with E-state index in [4.69, 9.17) is 0 Å². The first kappa shape index (κ1) is 11.1. The summed E-state index contributed by atoms with van der Waals surface area (Å²) in [4.78, 5) is 2.57. The molecule has 0 aromatic heterocycles. The standard InChI is InChI=1S/C15H22N2/c1-2-6-15-14(5-1)8-11-17(15)10-3-4-13-7-9-16-12-13/h1-2,5-6,13,16H,3-4,7-12H2. The molecule has 0 aliphatic carbocycles. The Morgan fingerprint density at radius 3 is 3.12 bits per heavy atom. The van der Waals surface area contributed by atoms with Crippen molar-refractivity contribution in [2.24, 2.45) is 5.92 Å². The van der Waals surface area contributed by atoms with Gasteiger partial charge in [-0.05, 0) is 56.3 Å².